The van der Waals surface area contributed by atoms with Gasteiger partial charge in [-0.15, -0.1) is 0 Å². The van der Waals surface area contributed by atoms with E-state index in [4.69, 9.17) is 5.11 Å². The van der Waals surface area contributed by atoms with Crippen LogP contribution in [-0.2, 0) is 0 Å². The lowest BCUT2D eigenvalue weighted by Crippen LogP contribution is -2.33. The summed E-state index contributed by atoms with van der Waals surface area (Å²) in [4.78, 5) is 0. The third-order valence-corrected chi connectivity index (χ3v) is 3.22. The predicted molar refractivity (Wildman–Crippen MR) is 57.1 cm³/mol. The fraction of sp³-hybridized carbons (Fsp3) is 1.00. The van der Waals surface area contributed by atoms with Crippen LogP contribution in [0.15, 0.2) is 0 Å². The van der Waals surface area contributed by atoms with Crippen LogP contribution >= 0.6 is 0 Å². The van der Waals surface area contributed by atoms with E-state index in [1.807, 2.05) is 0 Å². The van der Waals surface area contributed by atoms with Crippen LogP contribution in [0, 0.1) is 11.8 Å². The molecule has 0 aliphatic heterocycles. The van der Waals surface area contributed by atoms with E-state index in [0.29, 0.717) is 18.4 Å². The first-order chi connectivity index (χ1) is 6.88. The van der Waals surface area contributed by atoms with Crippen molar-refractivity contribution in [1.82, 2.24) is 5.32 Å². The van der Waals surface area contributed by atoms with Crippen LogP contribution in [0.3, 0.4) is 0 Å². The Morgan fingerprint density at radius 2 is 1.79 bits per heavy atom. The van der Waals surface area contributed by atoms with Gasteiger partial charge in [0, 0.05) is 13.2 Å². The molecule has 0 heterocycles. The molecule has 0 aromatic heterocycles. The fourth-order valence-electron chi connectivity index (χ4n) is 2.29. The highest BCUT2D eigenvalue weighted by atomic mass is 16.3. The topological polar surface area (TPSA) is 52.5 Å². The van der Waals surface area contributed by atoms with Gasteiger partial charge in [0.1, 0.15) is 0 Å². The van der Waals surface area contributed by atoms with Crippen molar-refractivity contribution in [2.45, 2.75) is 32.1 Å². The van der Waals surface area contributed by atoms with Crippen LogP contribution in [0.1, 0.15) is 32.1 Å². The van der Waals surface area contributed by atoms with Crippen molar-refractivity contribution in [1.29, 1.82) is 0 Å². The summed E-state index contributed by atoms with van der Waals surface area (Å²) in [6, 6.07) is 0. The maximum absolute atomic E-state index is 9.20. The summed E-state index contributed by atoms with van der Waals surface area (Å²) in [5, 5.41) is 21.2. The molecule has 0 saturated heterocycles. The Hall–Kier alpha value is -0.120. The summed E-state index contributed by atoms with van der Waals surface area (Å²) in [7, 11) is 0. The lowest BCUT2D eigenvalue weighted by molar-refractivity contribution is 0.133. The van der Waals surface area contributed by atoms with Crippen LogP contribution in [0.4, 0.5) is 0 Å². The average molecular weight is 201 g/mol. The summed E-state index contributed by atoms with van der Waals surface area (Å²) in [6.07, 6.45) is 5.85. The van der Waals surface area contributed by atoms with E-state index in [2.05, 4.69) is 5.32 Å². The van der Waals surface area contributed by atoms with Crippen molar-refractivity contribution >= 4 is 0 Å². The van der Waals surface area contributed by atoms with Crippen molar-refractivity contribution in [3.8, 4) is 0 Å². The Morgan fingerprint density at radius 3 is 2.43 bits per heavy atom. The summed E-state index contributed by atoms with van der Waals surface area (Å²) in [5.41, 5.74) is 0. The fourth-order valence-corrected chi connectivity index (χ4v) is 2.29. The van der Waals surface area contributed by atoms with E-state index >= 15 is 0 Å². The first-order valence-corrected chi connectivity index (χ1v) is 5.81. The number of nitrogens with one attached hydrogen (secondary N) is 1. The van der Waals surface area contributed by atoms with Gasteiger partial charge in [0.25, 0.3) is 0 Å². The number of aliphatic hydroxyl groups excluding tert-OH is 2. The van der Waals surface area contributed by atoms with Crippen molar-refractivity contribution in [2.75, 3.05) is 26.3 Å². The second-order valence-electron chi connectivity index (χ2n) is 4.27. The normalized spacial score (nSPS) is 27.9. The summed E-state index contributed by atoms with van der Waals surface area (Å²) in [6.45, 7) is 2.50. The van der Waals surface area contributed by atoms with Crippen molar-refractivity contribution < 1.29 is 10.2 Å². The second kappa shape index (κ2) is 7.21. The molecule has 3 N–H and O–H groups in total. The third kappa shape index (κ3) is 3.95. The van der Waals surface area contributed by atoms with Crippen LogP contribution in [-0.4, -0.2) is 36.5 Å². The molecule has 1 rings (SSSR count). The zero-order chi connectivity index (χ0) is 10.2. The van der Waals surface area contributed by atoms with E-state index < -0.39 is 0 Å². The minimum atomic E-state index is 0.265. The number of aliphatic hydroxyl groups is 2. The van der Waals surface area contributed by atoms with Crippen molar-refractivity contribution in [3.05, 3.63) is 0 Å². The van der Waals surface area contributed by atoms with E-state index in [9.17, 15) is 5.11 Å². The van der Waals surface area contributed by atoms with E-state index in [-0.39, 0.29) is 6.61 Å². The molecular weight excluding hydrogens is 178 g/mol. The first-order valence-electron chi connectivity index (χ1n) is 5.81. The zero-order valence-corrected chi connectivity index (χ0v) is 8.91. The van der Waals surface area contributed by atoms with Crippen LogP contribution < -0.4 is 5.32 Å². The molecule has 0 spiro atoms. The van der Waals surface area contributed by atoms with Crippen LogP contribution in [0.25, 0.3) is 0 Å². The lowest BCUT2D eigenvalue weighted by atomic mass is 9.79. The average Bonchev–Trinajstić information content (AvgIpc) is 2.25. The molecule has 0 radical (unpaired) electrons. The molecule has 14 heavy (non-hydrogen) atoms. The highest BCUT2D eigenvalue weighted by Gasteiger charge is 2.23. The molecule has 0 bridgehead atoms. The van der Waals surface area contributed by atoms with E-state index in [1.165, 1.54) is 25.7 Å². The molecule has 0 aromatic rings. The number of hydrogen-bond donors (Lipinski definition) is 3. The SMILES string of the molecule is OCCCNCC1CCCCC1CO. The largest absolute Gasteiger partial charge is 0.396 e. The lowest BCUT2D eigenvalue weighted by Gasteiger charge is -2.30. The quantitative estimate of drug-likeness (QED) is 0.556. The Labute approximate surface area is 86.5 Å². The van der Waals surface area contributed by atoms with Gasteiger partial charge in [-0.2, -0.15) is 0 Å². The molecular formula is C11H23NO2. The molecule has 0 amide bonds. The maximum Gasteiger partial charge on any atom is 0.0462 e. The van der Waals surface area contributed by atoms with Crippen molar-refractivity contribution in [3.63, 3.8) is 0 Å². The summed E-state index contributed by atoms with van der Waals surface area (Å²) in [5.74, 6) is 1.15. The standard InChI is InChI=1S/C11H23NO2/c13-7-3-6-12-8-10-4-1-2-5-11(10)9-14/h10-14H,1-9H2. The monoisotopic (exact) mass is 201 g/mol. The van der Waals surface area contributed by atoms with Gasteiger partial charge in [0.2, 0.25) is 0 Å². The van der Waals surface area contributed by atoms with Gasteiger partial charge < -0.3 is 15.5 Å². The predicted octanol–water partition coefficient (Wildman–Crippen LogP) is 0.757. The summed E-state index contributed by atoms with van der Waals surface area (Å²) >= 11 is 0. The number of hydrogen-bond acceptors (Lipinski definition) is 3. The van der Waals surface area contributed by atoms with Gasteiger partial charge in [0.05, 0.1) is 0 Å². The Balaban J connectivity index is 2.13. The molecule has 1 saturated carbocycles. The highest BCUT2D eigenvalue weighted by Crippen LogP contribution is 2.28. The molecule has 0 aromatic carbocycles. The second-order valence-corrected chi connectivity index (χ2v) is 4.27. The highest BCUT2D eigenvalue weighted by molar-refractivity contribution is 4.76. The number of rotatable bonds is 6. The van der Waals surface area contributed by atoms with Crippen LogP contribution in [0.5, 0.6) is 0 Å². The molecule has 1 aliphatic carbocycles. The third-order valence-electron chi connectivity index (χ3n) is 3.22. The zero-order valence-electron chi connectivity index (χ0n) is 8.91. The Bertz CT molecular complexity index is 141. The van der Waals surface area contributed by atoms with Gasteiger partial charge in [-0.25, -0.2) is 0 Å². The molecule has 1 fully saturated rings. The molecule has 3 heteroatoms. The van der Waals surface area contributed by atoms with Gasteiger partial charge in [-0.05, 0) is 44.2 Å². The Morgan fingerprint density at radius 1 is 1.07 bits per heavy atom. The van der Waals surface area contributed by atoms with Gasteiger partial charge in [0.15, 0.2) is 0 Å². The van der Waals surface area contributed by atoms with Crippen LogP contribution in [0.2, 0.25) is 0 Å². The minimum Gasteiger partial charge on any atom is -0.396 e. The molecule has 3 nitrogen and oxygen atoms in total. The van der Waals surface area contributed by atoms with Gasteiger partial charge in [-0.3, -0.25) is 0 Å². The minimum absolute atomic E-state index is 0.265. The van der Waals surface area contributed by atoms with E-state index in [0.717, 1.165) is 19.5 Å². The molecule has 2 atom stereocenters. The summed E-state index contributed by atoms with van der Waals surface area (Å²) < 4.78 is 0. The van der Waals surface area contributed by atoms with Crippen molar-refractivity contribution in [2.24, 2.45) is 11.8 Å². The first kappa shape index (κ1) is 12.0. The molecule has 1 aliphatic rings. The van der Waals surface area contributed by atoms with Gasteiger partial charge in [-0.1, -0.05) is 12.8 Å². The smallest absolute Gasteiger partial charge is 0.0462 e. The Kier molecular flexibility index (Phi) is 6.15. The van der Waals surface area contributed by atoms with Gasteiger partial charge >= 0.3 is 0 Å². The van der Waals surface area contributed by atoms with E-state index in [1.54, 1.807) is 0 Å². The maximum atomic E-state index is 9.20. The molecule has 2 unspecified atom stereocenters. The molecule has 84 valence electrons.